The molecule has 0 aliphatic heterocycles. The van der Waals surface area contributed by atoms with Gasteiger partial charge < -0.3 is 14.8 Å². The number of nitrogens with one attached hydrogen (secondary N) is 1. The average Bonchev–Trinajstić information content (AvgIpc) is 2.77. The fourth-order valence-corrected chi connectivity index (χ4v) is 3.74. The molecular weight excluding hydrogens is 392 g/mol. The average molecular weight is 414 g/mol. The molecule has 1 unspecified atom stereocenters. The van der Waals surface area contributed by atoms with E-state index in [4.69, 9.17) is 4.42 Å². The zero-order valence-electron chi connectivity index (χ0n) is 17.5. The maximum Gasteiger partial charge on any atom is 0.337 e. The molecule has 0 fully saturated rings. The monoisotopic (exact) mass is 414 g/mol. The molecule has 2 aromatic heterocycles. The highest BCUT2D eigenvalue weighted by molar-refractivity contribution is 5.94. The summed E-state index contributed by atoms with van der Waals surface area (Å²) in [5, 5.41) is 13.2. The van der Waals surface area contributed by atoms with Crippen molar-refractivity contribution in [3.8, 4) is 11.5 Å². The third kappa shape index (κ3) is 3.80. The van der Waals surface area contributed by atoms with Gasteiger partial charge in [-0.1, -0.05) is 24.3 Å². The molecule has 0 radical (unpaired) electrons. The van der Waals surface area contributed by atoms with Crippen molar-refractivity contribution in [1.82, 2.24) is 4.98 Å². The van der Waals surface area contributed by atoms with Crippen LogP contribution >= 0.6 is 0 Å². The normalized spacial score (nSPS) is 12.0. The highest BCUT2D eigenvalue weighted by Crippen LogP contribution is 2.32. The van der Waals surface area contributed by atoms with Crippen molar-refractivity contribution in [2.24, 2.45) is 0 Å². The number of anilines is 1. The number of carboxylic acids is 1. The lowest BCUT2D eigenvalue weighted by Crippen LogP contribution is -2.14. The number of para-hydroxylation sites is 1. The minimum absolute atomic E-state index is 0.106. The zero-order valence-corrected chi connectivity index (χ0v) is 17.5. The van der Waals surface area contributed by atoms with Crippen molar-refractivity contribution in [1.29, 1.82) is 0 Å². The Hall–Kier alpha value is -3.93. The van der Waals surface area contributed by atoms with Crippen molar-refractivity contribution in [3.05, 3.63) is 93.3 Å². The molecule has 6 nitrogen and oxygen atoms in total. The van der Waals surface area contributed by atoms with Gasteiger partial charge in [-0.25, -0.2) is 4.79 Å². The van der Waals surface area contributed by atoms with Gasteiger partial charge in [0, 0.05) is 23.0 Å². The van der Waals surface area contributed by atoms with Gasteiger partial charge in [0.05, 0.1) is 17.0 Å². The highest BCUT2D eigenvalue weighted by Gasteiger charge is 2.20. The summed E-state index contributed by atoms with van der Waals surface area (Å²) in [5.74, 6) is -0.578. The standard InChI is InChI=1S/C25H22N2O4/c1-14-12-18(16(3)27-20-9-5-4-8-17(20)25(29)30)24-19(13-14)22(28)15(2)23(31-24)21-10-6-7-11-26-21/h4-13,16,27H,1-3H3,(H,29,30). The lowest BCUT2D eigenvalue weighted by molar-refractivity contribution is 0.0698. The molecule has 6 heteroatoms. The Kier molecular flexibility index (Phi) is 5.29. The van der Waals surface area contributed by atoms with Crippen molar-refractivity contribution in [2.45, 2.75) is 26.8 Å². The molecule has 0 spiro atoms. The van der Waals surface area contributed by atoms with Gasteiger partial charge in [-0.15, -0.1) is 0 Å². The number of carbonyl (C=O) groups is 1. The molecule has 0 bridgehead atoms. The predicted octanol–water partition coefficient (Wildman–Crippen LogP) is 5.34. The van der Waals surface area contributed by atoms with Gasteiger partial charge in [0.1, 0.15) is 11.3 Å². The second-order valence-corrected chi connectivity index (χ2v) is 7.55. The number of nitrogens with zero attached hydrogens (tertiary/aromatic N) is 1. The second-order valence-electron chi connectivity index (χ2n) is 7.55. The largest absolute Gasteiger partial charge is 0.478 e. The molecule has 156 valence electrons. The fraction of sp³-hybridized carbons (Fsp3) is 0.160. The van der Waals surface area contributed by atoms with E-state index in [0.29, 0.717) is 33.7 Å². The maximum absolute atomic E-state index is 13.2. The smallest absolute Gasteiger partial charge is 0.337 e. The van der Waals surface area contributed by atoms with Crippen LogP contribution in [-0.2, 0) is 0 Å². The lowest BCUT2D eigenvalue weighted by Gasteiger charge is -2.19. The number of benzene rings is 2. The molecule has 0 saturated heterocycles. The van der Waals surface area contributed by atoms with E-state index in [2.05, 4.69) is 10.3 Å². The van der Waals surface area contributed by atoms with Crippen LogP contribution in [0.3, 0.4) is 0 Å². The van der Waals surface area contributed by atoms with Crippen molar-refractivity contribution < 1.29 is 14.3 Å². The van der Waals surface area contributed by atoms with Crippen LogP contribution in [0.25, 0.3) is 22.4 Å². The van der Waals surface area contributed by atoms with Gasteiger partial charge in [-0.2, -0.15) is 0 Å². The molecule has 2 aromatic carbocycles. The van der Waals surface area contributed by atoms with Crippen LogP contribution in [0.15, 0.2) is 70.0 Å². The number of aromatic carboxylic acids is 1. The Morgan fingerprint density at radius 3 is 2.55 bits per heavy atom. The topological polar surface area (TPSA) is 92.4 Å². The third-order valence-electron chi connectivity index (χ3n) is 5.29. The van der Waals surface area contributed by atoms with Gasteiger partial charge >= 0.3 is 5.97 Å². The minimum atomic E-state index is -1.01. The minimum Gasteiger partial charge on any atom is -0.478 e. The van der Waals surface area contributed by atoms with E-state index in [1.807, 2.05) is 32.0 Å². The first-order valence-electron chi connectivity index (χ1n) is 9.95. The summed E-state index contributed by atoms with van der Waals surface area (Å²) in [7, 11) is 0. The first kappa shape index (κ1) is 20.3. The van der Waals surface area contributed by atoms with Crippen molar-refractivity contribution in [3.63, 3.8) is 0 Å². The van der Waals surface area contributed by atoms with Crippen LogP contribution in [0, 0.1) is 13.8 Å². The molecule has 31 heavy (non-hydrogen) atoms. The second kappa shape index (κ2) is 8.07. The van der Waals surface area contributed by atoms with Crippen LogP contribution in [0.2, 0.25) is 0 Å². The van der Waals surface area contributed by atoms with E-state index < -0.39 is 5.97 Å². The number of carboxylic acid groups (broad SMARTS) is 1. The van der Waals surface area contributed by atoms with E-state index >= 15 is 0 Å². The molecule has 0 aliphatic carbocycles. The fourth-order valence-electron chi connectivity index (χ4n) is 3.74. The Labute approximate surface area is 179 Å². The maximum atomic E-state index is 13.2. The van der Waals surface area contributed by atoms with Crippen LogP contribution in [-0.4, -0.2) is 16.1 Å². The highest BCUT2D eigenvalue weighted by atomic mass is 16.4. The molecule has 2 heterocycles. The van der Waals surface area contributed by atoms with E-state index in [0.717, 1.165) is 11.1 Å². The van der Waals surface area contributed by atoms with Crippen LogP contribution in [0.5, 0.6) is 0 Å². The summed E-state index contributed by atoms with van der Waals surface area (Å²) in [6.07, 6.45) is 1.65. The molecule has 0 saturated carbocycles. The zero-order chi connectivity index (χ0) is 22.1. The summed E-state index contributed by atoms with van der Waals surface area (Å²) in [6, 6.07) is 15.6. The van der Waals surface area contributed by atoms with Gasteiger partial charge in [-0.05, 0) is 56.7 Å². The molecule has 4 rings (SSSR count). The van der Waals surface area contributed by atoms with E-state index in [-0.39, 0.29) is 17.0 Å². The SMILES string of the molecule is Cc1cc(C(C)Nc2ccccc2C(=O)O)c2oc(-c3ccccn3)c(C)c(=O)c2c1. The van der Waals surface area contributed by atoms with Crippen LogP contribution < -0.4 is 10.7 Å². The summed E-state index contributed by atoms with van der Waals surface area (Å²) in [5.41, 5.74) is 3.81. The molecule has 1 atom stereocenters. The number of aryl methyl sites for hydroxylation is 1. The molecular formula is C25H22N2O4. The van der Waals surface area contributed by atoms with E-state index in [1.165, 1.54) is 0 Å². The number of hydrogen-bond donors (Lipinski definition) is 2. The van der Waals surface area contributed by atoms with E-state index in [9.17, 15) is 14.7 Å². The molecule has 4 aromatic rings. The van der Waals surface area contributed by atoms with Crippen LogP contribution in [0.4, 0.5) is 5.69 Å². The number of aromatic nitrogens is 1. The molecule has 0 aliphatic rings. The van der Waals surface area contributed by atoms with Gasteiger partial charge in [-0.3, -0.25) is 9.78 Å². The molecule has 0 amide bonds. The quantitative estimate of drug-likeness (QED) is 0.458. The molecule has 2 N–H and O–H groups in total. The summed E-state index contributed by atoms with van der Waals surface area (Å²) in [6.45, 7) is 5.57. The Balaban J connectivity index is 1.89. The summed E-state index contributed by atoms with van der Waals surface area (Å²) < 4.78 is 6.26. The summed E-state index contributed by atoms with van der Waals surface area (Å²) in [4.78, 5) is 29.1. The number of fused-ring (bicyclic) bond motifs is 1. The number of rotatable bonds is 5. The number of hydrogen-bond acceptors (Lipinski definition) is 5. The Morgan fingerprint density at radius 2 is 1.84 bits per heavy atom. The summed E-state index contributed by atoms with van der Waals surface area (Å²) >= 11 is 0. The first-order valence-corrected chi connectivity index (χ1v) is 9.95. The third-order valence-corrected chi connectivity index (χ3v) is 5.29. The van der Waals surface area contributed by atoms with Gasteiger partial charge in [0.2, 0.25) is 0 Å². The van der Waals surface area contributed by atoms with Crippen LogP contribution in [0.1, 0.15) is 40.0 Å². The first-order chi connectivity index (χ1) is 14.9. The lowest BCUT2D eigenvalue weighted by atomic mass is 9.99. The predicted molar refractivity (Wildman–Crippen MR) is 121 cm³/mol. The Morgan fingerprint density at radius 1 is 1.10 bits per heavy atom. The van der Waals surface area contributed by atoms with Crippen molar-refractivity contribution in [2.75, 3.05) is 5.32 Å². The van der Waals surface area contributed by atoms with E-state index in [1.54, 1.807) is 49.5 Å². The van der Waals surface area contributed by atoms with Crippen molar-refractivity contribution >= 4 is 22.6 Å². The number of pyridine rings is 1. The van der Waals surface area contributed by atoms with Gasteiger partial charge in [0.25, 0.3) is 0 Å². The van der Waals surface area contributed by atoms with Gasteiger partial charge in [0.15, 0.2) is 11.2 Å². The Bertz CT molecular complexity index is 1340.